The van der Waals surface area contributed by atoms with E-state index in [0.717, 1.165) is 97.9 Å². The monoisotopic (exact) mass is 780 g/mol. The maximum atomic E-state index is 16.3. The molecule has 0 radical (unpaired) electrons. The molecule has 0 bridgehead atoms. The fourth-order valence-corrected chi connectivity index (χ4v) is 9.76. The van der Waals surface area contributed by atoms with Crippen LogP contribution in [0, 0.1) is 5.82 Å². The van der Waals surface area contributed by atoms with Gasteiger partial charge in [0, 0.05) is 97.3 Å². The number of nitrogens with one attached hydrogen (secondary N) is 2. The van der Waals surface area contributed by atoms with Gasteiger partial charge in [-0.15, -0.1) is 0 Å². The zero-order valence-corrected chi connectivity index (χ0v) is 33.4. The van der Waals surface area contributed by atoms with Crippen molar-refractivity contribution >= 4 is 51.1 Å². The average Bonchev–Trinajstić information content (AvgIpc) is 3.77. The molecular weight excluding hydrogens is 728 g/mol. The van der Waals surface area contributed by atoms with Crippen molar-refractivity contribution in [3.05, 3.63) is 75.1 Å². The lowest BCUT2D eigenvalue weighted by atomic mass is 9.79. The fraction of sp³-hybridized carbons (Fsp3) is 0.512. The third kappa shape index (κ3) is 7.33. The first-order valence-corrected chi connectivity index (χ1v) is 20.4. The smallest absolute Gasteiger partial charge is 0.329 e. The molecule has 4 aromatic rings. The van der Waals surface area contributed by atoms with Crippen molar-refractivity contribution in [3.8, 4) is 0 Å². The lowest BCUT2D eigenvalue weighted by Gasteiger charge is -2.42. The van der Waals surface area contributed by atoms with E-state index in [1.165, 1.54) is 4.90 Å². The van der Waals surface area contributed by atoms with Crippen LogP contribution in [-0.4, -0.2) is 123 Å². The zero-order valence-electron chi connectivity index (χ0n) is 33.4. The topological polar surface area (TPSA) is 136 Å². The number of amides is 4. The highest BCUT2D eigenvalue weighted by Crippen LogP contribution is 2.41. The van der Waals surface area contributed by atoms with Crippen molar-refractivity contribution in [2.24, 2.45) is 7.05 Å². The maximum absolute atomic E-state index is 16.3. The van der Waals surface area contributed by atoms with Crippen LogP contribution in [0.4, 0.5) is 4.39 Å². The first kappa shape index (κ1) is 38.8. The summed E-state index contributed by atoms with van der Waals surface area (Å²) in [5, 5.41) is 3.15. The summed E-state index contributed by atoms with van der Waals surface area (Å²) >= 11 is 0. The summed E-state index contributed by atoms with van der Waals surface area (Å²) in [5.41, 5.74) is 5.49. The van der Waals surface area contributed by atoms with Gasteiger partial charge in [-0.25, -0.2) is 9.18 Å². The summed E-state index contributed by atoms with van der Waals surface area (Å²) in [6.07, 6.45) is 8.01. The number of aromatic nitrogens is 3. The van der Waals surface area contributed by atoms with Gasteiger partial charge in [-0.2, -0.15) is 0 Å². The SMILES string of the molecule is CC(=O)N1CCC=C(c2cc(C3CCC(N4CCN(CCc5cccc6c5n(C)c(=O)n6C5CCC(=O)NC5=O)CC4)CC3)c3cc(C(=O)N(C)C)[nH]c3c2F)C1. The fourth-order valence-electron chi connectivity index (χ4n) is 9.76. The number of carbonyl (C=O) groups excluding carboxylic acids is 4. The number of nitrogens with zero attached hydrogens (tertiary/aromatic N) is 6. The highest BCUT2D eigenvalue weighted by atomic mass is 19.1. The van der Waals surface area contributed by atoms with Crippen molar-refractivity contribution in [2.75, 3.05) is 59.9 Å². The van der Waals surface area contributed by atoms with Gasteiger partial charge in [-0.1, -0.05) is 18.2 Å². The van der Waals surface area contributed by atoms with Crippen LogP contribution in [0.15, 0.2) is 41.2 Å². The molecule has 4 aliphatic rings. The number of hydrogen-bond donors (Lipinski definition) is 2. The third-order valence-electron chi connectivity index (χ3n) is 12.9. The van der Waals surface area contributed by atoms with Crippen LogP contribution in [0.1, 0.15) is 91.0 Å². The third-order valence-corrected chi connectivity index (χ3v) is 12.9. The number of piperazine rings is 1. The minimum absolute atomic E-state index is 0.0230. The Morgan fingerprint density at radius 2 is 1.72 bits per heavy atom. The molecule has 1 atom stereocenters. The number of halogens is 1. The maximum Gasteiger partial charge on any atom is 0.329 e. The summed E-state index contributed by atoms with van der Waals surface area (Å²) in [6, 6.07) is 9.47. The highest BCUT2D eigenvalue weighted by molar-refractivity contribution is 6.01. The van der Waals surface area contributed by atoms with Gasteiger partial charge in [0.1, 0.15) is 11.7 Å². The molecule has 302 valence electrons. The van der Waals surface area contributed by atoms with E-state index in [1.54, 1.807) is 42.1 Å². The van der Waals surface area contributed by atoms with Crippen molar-refractivity contribution in [2.45, 2.75) is 76.3 Å². The van der Waals surface area contributed by atoms with Crippen molar-refractivity contribution in [3.63, 3.8) is 0 Å². The number of para-hydroxylation sites is 1. The summed E-state index contributed by atoms with van der Waals surface area (Å²) in [5.74, 6) is -1.11. The molecule has 2 aromatic carbocycles. The largest absolute Gasteiger partial charge is 0.348 e. The second-order valence-corrected chi connectivity index (χ2v) is 16.6. The standard InChI is InChI=1S/C43H53FN8O5/c1-26(53)51-17-6-8-29(25-51)32-23-31(33-24-34(42(56)47(2)3)45-39(33)38(32)44)27-10-12-30(13-11-27)50-21-19-49(20-22-50)18-16-28-7-5-9-35-40(28)48(4)43(57)52(35)36-14-15-37(54)46-41(36)55/h5,7-9,23-24,27,30,36,45H,6,10-22,25H2,1-4H3,(H,46,54,55). The van der Waals surface area contributed by atoms with E-state index < -0.39 is 11.9 Å². The molecule has 2 aromatic heterocycles. The number of benzene rings is 2. The van der Waals surface area contributed by atoms with Crippen LogP contribution in [0.2, 0.25) is 0 Å². The van der Waals surface area contributed by atoms with Crippen molar-refractivity contribution in [1.82, 2.24) is 39.0 Å². The minimum Gasteiger partial charge on any atom is -0.348 e. The predicted octanol–water partition coefficient (Wildman–Crippen LogP) is 4.16. The molecule has 1 aliphatic carbocycles. The molecule has 3 fully saturated rings. The summed E-state index contributed by atoms with van der Waals surface area (Å²) in [7, 11) is 5.13. The summed E-state index contributed by atoms with van der Waals surface area (Å²) < 4.78 is 19.5. The summed E-state index contributed by atoms with van der Waals surface area (Å²) in [6.45, 7) is 7.25. The Morgan fingerprint density at radius 1 is 0.965 bits per heavy atom. The molecule has 2 N–H and O–H groups in total. The predicted molar refractivity (Wildman–Crippen MR) is 216 cm³/mol. The number of imidazole rings is 1. The lowest BCUT2D eigenvalue weighted by Crippen LogP contribution is -2.51. The van der Waals surface area contributed by atoms with Crippen LogP contribution >= 0.6 is 0 Å². The van der Waals surface area contributed by atoms with Gasteiger partial charge in [0.15, 0.2) is 5.82 Å². The molecule has 14 heteroatoms. The number of hydrogen-bond acceptors (Lipinski definition) is 7. The first-order chi connectivity index (χ1) is 27.4. The molecule has 57 heavy (non-hydrogen) atoms. The van der Waals surface area contributed by atoms with Crippen LogP contribution in [0.3, 0.4) is 0 Å². The van der Waals surface area contributed by atoms with E-state index in [-0.39, 0.29) is 41.6 Å². The number of aryl methyl sites for hydroxylation is 1. The number of piperidine rings is 1. The molecule has 2 saturated heterocycles. The number of fused-ring (bicyclic) bond motifs is 2. The zero-order chi connectivity index (χ0) is 40.1. The molecular formula is C43H53FN8O5. The van der Waals surface area contributed by atoms with Crippen LogP contribution in [0.25, 0.3) is 27.5 Å². The Labute approximate surface area is 331 Å². The normalized spacial score (nSPS) is 22.6. The van der Waals surface area contributed by atoms with E-state index in [9.17, 15) is 24.0 Å². The number of imide groups is 1. The molecule has 1 unspecified atom stereocenters. The van der Waals surface area contributed by atoms with E-state index in [1.807, 2.05) is 30.3 Å². The Bertz CT molecular complexity index is 2340. The first-order valence-electron chi connectivity index (χ1n) is 20.4. The Morgan fingerprint density at radius 3 is 2.42 bits per heavy atom. The van der Waals surface area contributed by atoms with E-state index in [4.69, 9.17) is 0 Å². The number of carbonyl (C=O) groups is 4. The van der Waals surface area contributed by atoms with Gasteiger partial charge in [-0.05, 0) is 85.8 Å². The Kier molecular flexibility index (Phi) is 10.7. The second kappa shape index (κ2) is 15.7. The Balaban J connectivity index is 0.925. The molecule has 1 saturated carbocycles. The van der Waals surface area contributed by atoms with E-state index in [2.05, 4.69) is 26.2 Å². The molecule has 4 amide bonds. The van der Waals surface area contributed by atoms with Crippen molar-refractivity contribution < 1.29 is 23.6 Å². The number of H-pyrrole nitrogens is 1. The van der Waals surface area contributed by atoms with Gasteiger partial charge in [0.2, 0.25) is 17.7 Å². The minimum atomic E-state index is -0.703. The van der Waals surface area contributed by atoms with E-state index in [0.29, 0.717) is 48.7 Å². The van der Waals surface area contributed by atoms with Gasteiger partial charge in [0.05, 0.1) is 16.6 Å². The van der Waals surface area contributed by atoms with Gasteiger partial charge < -0.3 is 19.7 Å². The summed E-state index contributed by atoms with van der Waals surface area (Å²) in [4.78, 5) is 74.6. The average molecular weight is 781 g/mol. The number of aromatic amines is 1. The molecule has 3 aliphatic heterocycles. The van der Waals surface area contributed by atoms with E-state index >= 15 is 4.39 Å². The van der Waals surface area contributed by atoms with Gasteiger partial charge in [0.25, 0.3) is 5.91 Å². The quantitative estimate of drug-likeness (QED) is 0.257. The van der Waals surface area contributed by atoms with Gasteiger partial charge in [-0.3, -0.25) is 38.5 Å². The van der Waals surface area contributed by atoms with Crippen LogP contribution in [0.5, 0.6) is 0 Å². The molecule has 0 spiro atoms. The van der Waals surface area contributed by atoms with Crippen molar-refractivity contribution in [1.29, 1.82) is 0 Å². The lowest BCUT2D eigenvalue weighted by molar-refractivity contribution is -0.135. The highest BCUT2D eigenvalue weighted by Gasteiger charge is 2.34. The van der Waals surface area contributed by atoms with Crippen LogP contribution < -0.4 is 11.0 Å². The molecule has 13 nitrogen and oxygen atoms in total. The van der Waals surface area contributed by atoms with Gasteiger partial charge >= 0.3 is 5.69 Å². The second-order valence-electron chi connectivity index (χ2n) is 16.6. The molecule has 8 rings (SSSR count). The Hall–Kier alpha value is -5.08. The molecule has 5 heterocycles. The number of rotatable bonds is 8. The van der Waals surface area contributed by atoms with Crippen LogP contribution in [-0.2, 0) is 27.9 Å².